The Bertz CT molecular complexity index is 554. The van der Waals surface area contributed by atoms with E-state index in [1.165, 1.54) is 19.3 Å². The summed E-state index contributed by atoms with van der Waals surface area (Å²) in [5, 5.41) is 3.11. The van der Waals surface area contributed by atoms with Crippen molar-refractivity contribution in [3.05, 3.63) is 6.33 Å². The van der Waals surface area contributed by atoms with Gasteiger partial charge in [0.25, 0.3) is 0 Å². The van der Waals surface area contributed by atoms with Crippen molar-refractivity contribution < 1.29 is 4.74 Å². The standard InChI is InChI=1S/C15H25N5O/c1-4-7-8-11(5-2)9-21-14-12-13(18-10-17-12)19-15(20-14)16-6-3/h10-11H,4-9H2,1-3H3,(H2,16,17,18,19,20). The van der Waals surface area contributed by atoms with Crippen molar-refractivity contribution in [3.8, 4) is 5.88 Å². The van der Waals surface area contributed by atoms with Crippen LogP contribution in [0.2, 0.25) is 0 Å². The molecule has 0 radical (unpaired) electrons. The average molecular weight is 291 g/mol. The van der Waals surface area contributed by atoms with Crippen molar-refractivity contribution in [2.24, 2.45) is 5.92 Å². The SMILES string of the molecule is CCCCC(CC)COc1nc(NCC)nc2nc[nH]c12. The van der Waals surface area contributed by atoms with Gasteiger partial charge in [-0.1, -0.05) is 33.1 Å². The van der Waals surface area contributed by atoms with Crippen molar-refractivity contribution in [2.45, 2.75) is 46.5 Å². The van der Waals surface area contributed by atoms with Crippen LogP contribution < -0.4 is 10.1 Å². The van der Waals surface area contributed by atoms with Gasteiger partial charge in [-0.2, -0.15) is 9.97 Å². The van der Waals surface area contributed by atoms with E-state index in [0.29, 0.717) is 30.0 Å². The normalized spacial score (nSPS) is 12.5. The minimum absolute atomic E-state index is 0.564. The number of unbranched alkanes of at least 4 members (excludes halogenated alkanes) is 1. The third-order valence-corrected chi connectivity index (χ3v) is 3.59. The Morgan fingerprint density at radius 3 is 2.86 bits per heavy atom. The van der Waals surface area contributed by atoms with Crippen LogP contribution in [0.5, 0.6) is 5.88 Å². The van der Waals surface area contributed by atoms with Crippen molar-refractivity contribution in [1.82, 2.24) is 19.9 Å². The Labute approximate surface area is 125 Å². The van der Waals surface area contributed by atoms with Crippen LogP contribution in [0.4, 0.5) is 5.95 Å². The highest BCUT2D eigenvalue weighted by Gasteiger charge is 2.13. The molecule has 1 atom stereocenters. The smallest absolute Gasteiger partial charge is 0.245 e. The molecule has 0 aliphatic heterocycles. The zero-order valence-electron chi connectivity index (χ0n) is 13.1. The van der Waals surface area contributed by atoms with E-state index in [9.17, 15) is 0 Å². The molecule has 0 amide bonds. The number of nitrogens with zero attached hydrogens (tertiary/aromatic N) is 3. The second-order valence-electron chi connectivity index (χ2n) is 5.21. The van der Waals surface area contributed by atoms with Crippen LogP contribution in [0.15, 0.2) is 6.33 Å². The highest BCUT2D eigenvalue weighted by Crippen LogP contribution is 2.22. The number of ether oxygens (including phenoxy) is 1. The summed E-state index contributed by atoms with van der Waals surface area (Å²) in [6.07, 6.45) is 6.41. The lowest BCUT2D eigenvalue weighted by Crippen LogP contribution is -2.13. The van der Waals surface area contributed by atoms with Crippen molar-refractivity contribution in [2.75, 3.05) is 18.5 Å². The Morgan fingerprint density at radius 1 is 1.29 bits per heavy atom. The summed E-state index contributed by atoms with van der Waals surface area (Å²) < 4.78 is 5.95. The van der Waals surface area contributed by atoms with Gasteiger partial charge < -0.3 is 15.0 Å². The lowest BCUT2D eigenvalue weighted by Gasteiger charge is -2.15. The van der Waals surface area contributed by atoms with E-state index in [4.69, 9.17) is 4.74 Å². The Hall–Kier alpha value is -1.85. The predicted octanol–water partition coefficient (Wildman–Crippen LogP) is 3.38. The fraction of sp³-hybridized carbons (Fsp3) is 0.667. The third-order valence-electron chi connectivity index (χ3n) is 3.59. The van der Waals surface area contributed by atoms with Gasteiger partial charge in [0.1, 0.15) is 5.52 Å². The summed E-state index contributed by atoms with van der Waals surface area (Å²) in [5.74, 6) is 1.72. The molecule has 1 unspecified atom stereocenters. The van der Waals surface area contributed by atoms with Crippen LogP contribution in [0, 0.1) is 5.92 Å². The van der Waals surface area contributed by atoms with E-state index in [1.54, 1.807) is 6.33 Å². The zero-order valence-corrected chi connectivity index (χ0v) is 13.1. The molecule has 2 aromatic heterocycles. The van der Waals surface area contributed by atoms with Gasteiger partial charge in [-0.15, -0.1) is 0 Å². The van der Waals surface area contributed by atoms with Crippen LogP contribution in [0.3, 0.4) is 0 Å². The highest BCUT2D eigenvalue weighted by atomic mass is 16.5. The molecule has 2 aromatic rings. The summed E-state index contributed by atoms with van der Waals surface area (Å²) in [6.45, 7) is 7.89. The zero-order chi connectivity index (χ0) is 15.1. The fourth-order valence-electron chi connectivity index (χ4n) is 2.24. The molecule has 0 bridgehead atoms. The van der Waals surface area contributed by atoms with E-state index in [-0.39, 0.29) is 0 Å². The minimum Gasteiger partial charge on any atom is -0.476 e. The number of nitrogens with one attached hydrogen (secondary N) is 2. The molecule has 0 aliphatic rings. The predicted molar refractivity (Wildman–Crippen MR) is 84.6 cm³/mol. The highest BCUT2D eigenvalue weighted by molar-refractivity contribution is 5.76. The molecule has 0 aliphatic carbocycles. The van der Waals surface area contributed by atoms with E-state index in [0.717, 1.165) is 18.5 Å². The van der Waals surface area contributed by atoms with Crippen LogP contribution in [0.1, 0.15) is 46.5 Å². The molecule has 116 valence electrons. The quantitative estimate of drug-likeness (QED) is 0.740. The molecule has 2 rings (SSSR count). The number of aromatic nitrogens is 4. The lowest BCUT2D eigenvalue weighted by atomic mass is 10.0. The van der Waals surface area contributed by atoms with Gasteiger partial charge >= 0.3 is 0 Å². The number of fused-ring (bicyclic) bond motifs is 1. The van der Waals surface area contributed by atoms with Crippen LogP contribution >= 0.6 is 0 Å². The molecule has 6 nitrogen and oxygen atoms in total. The number of hydrogen-bond acceptors (Lipinski definition) is 5. The summed E-state index contributed by atoms with van der Waals surface area (Å²) in [6, 6.07) is 0. The summed E-state index contributed by atoms with van der Waals surface area (Å²) >= 11 is 0. The topological polar surface area (TPSA) is 75.7 Å². The Kier molecular flexibility index (Phi) is 5.78. The summed E-state index contributed by atoms with van der Waals surface area (Å²) in [5.41, 5.74) is 1.40. The molecule has 2 N–H and O–H groups in total. The molecule has 21 heavy (non-hydrogen) atoms. The third kappa shape index (κ3) is 4.06. The summed E-state index contributed by atoms with van der Waals surface area (Å²) in [7, 11) is 0. The Morgan fingerprint density at radius 2 is 2.14 bits per heavy atom. The Balaban J connectivity index is 2.10. The largest absolute Gasteiger partial charge is 0.476 e. The molecule has 6 heteroatoms. The lowest BCUT2D eigenvalue weighted by molar-refractivity contribution is 0.228. The van der Waals surface area contributed by atoms with Gasteiger partial charge in [0, 0.05) is 6.54 Å². The minimum atomic E-state index is 0.564. The molecule has 0 fully saturated rings. The van der Waals surface area contributed by atoms with Crippen LogP contribution in [-0.4, -0.2) is 33.1 Å². The number of imidazole rings is 1. The van der Waals surface area contributed by atoms with Gasteiger partial charge in [0.15, 0.2) is 5.65 Å². The van der Waals surface area contributed by atoms with Gasteiger partial charge in [0.05, 0.1) is 12.9 Å². The summed E-state index contributed by atoms with van der Waals surface area (Å²) in [4.78, 5) is 16.0. The van der Waals surface area contributed by atoms with Crippen LogP contribution in [0.25, 0.3) is 11.2 Å². The van der Waals surface area contributed by atoms with Gasteiger partial charge in [-0.3, -0.25) is 0 Å². The average Bonchev–Trinajstić information content (AvgIpc) is 2.96. The van der Waals surface area contributed by atoms with E-state index >= 15 is 0 Å². The first-order chi connectivity index (χ1) is 10.3. The molecule has 2 heterocycles. The molecule has 0 saturated carbocycles. The first-order valence-corrected chi connectivity index (χ1v) is 7.86. The molecular formula is C15H25N5O. The first-order valence-electron chi connectivity index (χ1n) is 7.86. The van der Waals surface area contributed by atoms with Crippen LogP contribution in [-0.2, 0) is 0 Å². The maximum absolute atomic E-state index is 5.95. The fourth-order valence-corrected chi connectivity index (χ4v) is 2.24. The van der Waals surface area contributed by atoms with Crippen molar-refractivity contribution >= 4 is 17.1 Å². The van der Waals surface area contributed by atoms with Gasteiger partial charge in [0.2, 0.25) is 11.8 Å². The van der Waals surface area contributed by atoms with E-state index < -0.39 is 0 Å². The van der Waals surface area contributed by atoms with Crippen molar-refractivity contribution in [1.29, 1.82) is 0 Å². The number of hydrogen-bond donors (Lipinski definition) is 2. The molecular weight excluding hydrogens is 266 g/mol. The van der Waals surface area contributed by atoms with Gasteiger partial charge in [-0.05, 0) is 19.3 Å². The van der Waals surface area contributed by atoms with E-state index in [2.05, 4.69) is 39.1 Å². The molecule has 0 aromatic carbocycles. The number of rotatable bonds is 9. The molecule has 0 saturated heterocycles. The second kappa shape index (κ2) is 7.81. The monoisotopic (exact) mass is 291 g/mol. The number of H-pyrrole nitrogens is 1. The molecule has 0 spiro atoms. The number of anilines is 1. The van der Waals surface area contributed by atoms with E-state index in [1.807, 2.05) is 6.92 Å². The first kappa shape index (κ1) is 15.5. The maximum atomic E-state index is 5.95. The second-order valence-corrected chi connectivity index (χ2v) is 5.21. The van der Waals surface area contributed by atoms with Crippen molar-refractivity contribution in [3.63, 3.8) is 0 Å². The maximum Gasteiger partial charge on any atom is 0.245 e. The van der Waals surface area contributed by atoms with Gasteiger partial charge in [-0.25, -0.2) is 4.98 Å². The number of aromatic amines is 1.